The van der Waals surface area contributed by atoms with Gasteiger partial charge in [-0.05, 0) is 35.0 Å². The molecule has 1 N–H and O–H groups in total. The van der Waals surface area contributed by atoms with E-state index in [4.69, 9.17) is 4.74 Å². The van der Waals surface area contributed by atoms with Crippen LogP contribution < -0.4 is 5.32 Å². The standard InChI is InChI=1S/C16H15N3O5/c1-11(20)24-8-7-12-9-14(5-6-16(12)18-21)17-13-3-2-4-15(10-13)19(22)23/h2-6,9-10,17H,7-8H2,1H3. The molecule has 2 aromatic rings. The molecule has 0 aliphatic rings. The van der Waals surface area contributed by atoms with Crippen LogP contribution in [0.5, 0.6) is 0 Å². The molecule has 0 bridgehead atoms. The summed E-state index contributed by atoms with van der Waals surface area (Å²) in [7, 11) is 0. The largest absolute Gasteiger partial charge is 0.466 e. The summed E-state index contributed by atoms with van der Waals surface area (Å²) in [4.78, 5) is 32.0. The van der Waals surface area contributed by atoms with E-state index in [1.165, 1.54) is 25.1 Å². The van der Waals surface area contributed by atoms with Gasteiger partial charge < -0.3 is 10.1 Å². The molecule has 0 aliphatic carbocycles. The summed E-state index contributed by atoms with van der Waals surface area (Å²) in [5, 5.41) is 16.8. The summed E-state index contributed by atoms with van der Waals surface area (Å²) in [6.45, 7) is 1.44. The number of nitroso groups, excluding NO2 is 1. The van der Waals surface area contributed by atoms with Crippen LogP contribution in [0.15, 0.2) is 47.6 Å². The minimum Gasteiger partial charge on any atom is -0.466 e. The van der Waals surface area contributed by atoms with Crippen molar-refractivity contribution in [3.8, 4) is 0 Å². The Kier molecular flexibility index (Phi) is 5.56. The zero-order valence-electron chi connectivity index (χ0n) is 12.9. The van der Waals surface area contributed by atoms with E-state index >= 15 is 0 Å². The van der Waals surface area contributed by atoms with Gasteiger partial charge in [0.15, 0.2) is 0 Å². The van der Waals surface area contributed by atoms with Crippen molar-refractivity contribution in [1.82, 2.24) is 0 Å². The predicted octanol–water partition coefficient (Wildman–Crippen LogP) is 3.84. The molecule has 0 fully saturated rings. The lowest BCUT2D eigenvalue weighted by atomic mass is 10.1. The van der Waals surface area contributed by atoms with Crippen LogP contribution in [0.25, 0.3) is 0 Å². The second-order valence-electron chi connectivity index (χ2n) is 4.96. The van der Waals surface area contributed by atoms with E-state index in [0.29, 0.717) is 23.4 Å². The highest BCUT2D eigenvalue weighted by Gasteiger charge is 2.08. The summed E-state index contributed by atoms with van der Waals surface area (Å²) in [5.74, 6) is -0.401. The molecule has 0 spiro atoms. The van der Waals surface area contributed by atoms with Gasteiger partial charge >= 0.3 is 5.97 Å². The molecule has 8 heteroatoms. The average molecular weight is 329 g/mol. The van der Waals surface area contributed by atoms with Crippen LogP contribution >= 0.6 is 0 Å². The fourth-order valence-electron chi connectivity index (χ4n) is 2.12. The van der Waals surface area contributed by atoms with E-state index in [2.05, 4.69) is 10.5 Å². The van der Waals surface area contributed by atoms with Crippen molar-refractivity contribution >= 4 is 28.7 Å². The number of hydrogen-bond acceptors (Lipinski definition) is 7. The van der Waals surface area contributed by atoms with Crippen LogP contribution in [0.3, 0.4) is 0 Å². The number of carbonyl (C=O) groups is 1. The molecule has 0 saturated carbocycles. The van der Waals surface area contributed by atoms with Gasteiger partial charge in [0.25, 0.3) is 5.69 Å². The number of nitrogens with zero attached hydrogens (tertiary/aromatic N) is 2. The third-order valence-electron chi connectivity index (χ3n) is 3.20. The number of ether oxygens (including phenoxy) is 1. The molecule has 2 aromatic carbocycles. The Morgan fingerprint density at radius 3 is 2.67 bits per heavy atom. The monoisotopic (exact) mass is 329 g/mol. The molecule has 8 nitrogen and oxygen atoms in total. The van der Waals surface area contributed by atoms with Gasteiger partial charge in [0.1, 0.15) is 5.69 Å². The highest BCUT2D eigenvalue weighted by molar-refractivity contribution is 5.67. The minimum absolute atomic E-state index is 0.0266. The quantitative estimate of drug-likeness (QED) is 0.357. The number of esters is 1. The van der Waals surface area contributed by atoms with Gasteiger partial charge in [-0.25, -0.2) is 0 Å². The Labute approximate surface area is 137 Å². The summed E-state index contributed by atoms with van der Waals surface area (Å²) in [6, 6.07) is 10.9. The van der Waals surface area contributed by atoms with Gasteiger partial charge in [-0.15, -0.1) is 4.91 Å². The first-order valence-corrected chi connectivity index (χ1v) is 7.10. The number of carbonyl (C=O) groups excluding carboxylic acids is 1. The van der Waals surface area contributed by atoms with Gasteiger partial charge in [-0.2, -0.15) is 0 Å². The fraction of sp³-hybridized carbons (Fsp3) is 0.188. The normalized spacial score (nSPS) is 10.0. The molecule has 124 valence electrons. The molecule has 0 unspecified atom stereocenters. The zero-order chi connectivity index (χ0) is 17.5. The van der Waals surface area contributed by atoms with Crippen LogP contribution in [0.1, 0.15) is 12.5 Å². The van der Waals surface area contributed by atoms with Crippen molar-refractivity contribution < 1.29 is 14.5 Å². The Morgan fingerprint density at radius 1 is 1.25 bits per heavy atom. The van der Waals surface area contributed by atoms with E-state index in [9.17, 15) is 19.8 Å². The second-order valence-corrected chi connectivity index (χ2v) is 4.96. The van der Waals surface area contributed by atoms with Crippen LogP contribution in [0.2, 0.25) is 0 Å². The lowest BCUT2D eigenvalue weighted by Crippen LogP contribution is -2.03. The number of benzene rings is 2. The van der Waals surface area contributed by atoms with E-state index in [-0.39, 0.29) is 18.0 Å². The van der Waals surface area contributed by atoms with E-state index in [0.717, 1.165) is 0 Å². The van der Waals surface area contributed by atoms with E-state index in [1.807, 2.05) is 0 Å². The zero-order valence-corrected chi connectivity index (χ0v) is 12.9. The number of anilines is 2. The summed E-state index contributed by atoms with van der Waals surface area (Å²) in [6.07, 6.45) is 0.338. The summed E-state index contributed by atoms with van der Waals surface area (Å²) >= 11 is 0. The first-order valence-electron chi connectivity index (χ1n) is 7.10. The third-order valence-corrected chi connectivity index (χ3v) is 3.20. The molecule has 2 rings (SSSR count). The van der Waals surface area contributed by atoms with Gasteiger partial charge in [0.2, 0.25) is 0 Å². The van der Waals surface area contributed by atoms with Crippen LogP contribution in [0.4, 0.5) is 22.7 Å². The maximum atomic E-state index is 10.9. The molecular weight excluding hydrogens is 314 g/mol. The van der Waals surface area contributed by atoms with Crippen molar-refractivity contribution in [1.29, 1.82) is 0 Å². The van der Waals surface area contributed by atoms with Crippen LogP contribution in [-0.4, -0.2) is 17.5 Å². The lowest BCUT2D eigenvalue weighted by Gasteiger charge is -2.10. The van der Waals surface area contributed by atoms with E-state index < -0.39 is 10.9 Å². The number of hydrogen-bond donors (Lipinski definition) is 1. The molecule has 0 radical (unpaired) electrons. The number of rotatable bonds is 7. The Hall–Kier alpha value is -3.29. The summed E-state index contributed by atoms with van der Waals surface area (Å²) < 4.78 is 4.87. The Balaban J connectivity index is 2.18. The lowest BCUT2D eigenvalue weighted by molar-refractivity contribution is -0.384. The number of nitro benzene ring substituents is 1. The predicted molar refractivity (Wildman–Crippen MR) is 88.6 cm³/mol. The maximum Gasteiger partial charge on any atom is 0.302 e. The molecule has 0 heterocycles. The average Bonchev–Trinajstić information content (AvgIpc) is 2.55. The van der Waals surface area contributed by atoms with Crippen molar-refractivity contribution in [3.05, 3.63) is 63.0 Å². The maximum absolute atomic E-state index is 10.9. The second kappa shape index (κ2) is 7.82. The number of nitrogens with one attached hydrogen (secondary N) is 1. The fourth-order valence-corrected chi connectivity index (χ4v) is 2.12. The van der Waals surface area contributed by atoms with Crippen LogP contribution in [-0.2, 0) is 16.0 Å². The van der Waals surface area contributed by atoms with Gasteiger partial charge in [-0.1, -0.05) is 6.07 Å². The Bertz CT molecular complexity index is 776. The molecule has 0 saturated heterocycles. The Morgan fingerprint density at radius 2 is 2.00 bits per heavy atom. The van der Waals surface area contributed by atoms with Crippen molar-refractivity contribution in [2.24, 2.45) is 5.18 Å². The first kappa shape index (κ1) is 17.1. The molecule has 0 aliphatic heterocycles. The van der Waals surface area contributed by atoms with Crippen molar-refractivity contribution in [2.75, 3.05) is 11.9 Å². The molecular formula is C16H15N3O5. The smallest absolute Gasteiger partial charge is 0.302 e. The molecule has 0 aromatic heterocycles. The molecule has 0 atom stereocenters. The minimum atomic E-state index is -0.477. The highest BCUT2D eigenvalue weighted by Crippen LogP contribution is 2.27. The third kappa shape index (κ3) is 4.60. The first-order chi connectivity index (χ1) is 11.5. The van der Waals surface area contributed by atoms with Gasteiger partial charge in [0, 0.05) is 36.9 Å². The molecule has 24 heavy (non-hydrogen) atoms. The highest BCUT2D eigenvalue weighted by atomic mass is 16.6. The number of non-ortho nitro benzene ring substituents is 1. The van der Waals surface area contributed by atoms with Crippen LogP contribution in [0, 0.1) is 15.0 Å². The number of nitro groups is 1. The van der Waals surface area contributed by atoms with Gasteiger partial charge in [-0.3, -0.25) is 14.9 Å². The summed E-state index contributed by atoms with van der Waals surface area (Å²) in [5.41, 5.74) is 2.03. The van der Waals surface area contributed by atoms with E-state index in [1.54, 1.807) is 24.3 Å². The van der Waals surface area contributed by atoms with Crippen molar-refractivity contribution in [2.45, 2.75) is 13.3 Å². The molecule has 0 amide bonds. The topological polar surface area (TPSA) is 111 Å². The van der Waals surface area contributed by atoms with Gasteiger partial charge in [0.05, 0.1) is 11.5 Å². The van der Waals surface area contributed by atoms with Crippen molar-refractivity contribution in [3.63, 3.8) is 0 Å². The SMILES string of the molecule is CC(=O)OCCc1cc(Nc2cccc([N+](=O)[O-])c2)ccc1N=O.